The molecule has 0 aliphatic carbocycles. The van der Waals surface area contributed by atoms with Crippen molar-refractivity contribution in [2.45, 2.75) is 13.3 Å². The fourth-order valence-corrected chi connectivity index (χ4v) is 1.79. The zero-order valence-corrected chi connectivity index (χ0v) is 9.57. The van der Waals surface area contributed by atoms with E-state index in [0.29, 0.717) is 11.4 Å². The number of hydrogen-bond acceptors (Lipinski definition) is 2. The molecule has 2 aromatic rings. The average Bonchev–Trinajstić information content (AvgIpc) is 2.61. The summed E-state index contributed by atoms with van der Waals surface area (Å²) in [5, 5.41) is 13.6. The van der Waals surface area contributed by atoms with Gasteiger partial charge < -0.3 is 0 Å². The quantitative estimate of drug-likeness (QED) is 0.798. The third-order valence-corrected chi connectivity index (χ3v) is 2.60. The van der Waals surface area contributed by atoms with Gasteiger partial charge in [0.1, 0.15) is 0 Å². The van der Waals surface area contributed by atoms with Gasteiger partial charge in [-0.2, -0.15) is 10.4 Å². The number of benzene rings is 1. The van der Waals surface area contributed by atoms with Crippen LogP contribution >= 0.6 is 11.6 Å². The van der Waals surface area contributed by atoms with Gasteiger partial charge >= 0.3 is 0 Å². The Hall–Kier alpha value is -1.79. The van der Waals surface area contributed by atoms with E-state index in [1.807, 2.05) is 37.3 Å². The lowest BCUT2D eigenvalue weighted by Gasteiger charge is -2.05. The van der Waals surface area contributed by atoms with Gasteiger partial charge in [0.05, 0.1) is 28.9 Å². The monoisotopic (exact) mass is 231 g/mol. The molecule has 1 heterocycles. The van der Waals surface area contributed by atoms with E-state index < -0.39 is 0 Å². The molecule has 0 spiro atoms. The van der Waals surface area contributed by atoms with E-state index in [2.05, 4.69) is 11.2 Å². The first-order valence-corrected chi connectivity index (χ1v) is 5.27. The van der Waals surface area contributed by atoms with Crippen molar-refractivity contribution in [1.82, 2.24) is 9.78 Å². The van der Waals surface area contributed by atoms with Crippen LogP contribution in [0.2, 0.25) is 5.02 Å². The SMILES string of the molecule is Cc1cc(CC#N)nn1-c1ccccc1Cl. The summed E-state index contributed by atoms with van der Waals surface area (Å²) in [5.41, 5.74) is 2.57. The molecular formula is C12H10ClN3. The predicted molar refractivity (Wildman–Crippen MR) is 62.6 cm³/mol. The topological polar surface area (TPSA) is 41.6 Å². The van der Waals surface area contributed by atoms with Crippen LogP contribution < -0.4 is 0 Å². The number of aryl methyl sites for hydroxylation is 1. The molecule has 0 amide bonds. The van der Waals surface area contributed by atoms with Crippen molar-refractivity contribution < 1.29 is 0 Å². The van der Waals surface area contributed by atoms with Crippen molar-refractivity contribution in [2.75, 3.05) is 0 Å². The van der Waals surface area contributed by atoms with Crippen molar-refractivity contribution in [3.8, 4) is 11.8 Å². The highest BCUT2D eigenvalue weighted by molar-refractivity contribution is 6.32. The summed E-state index contributed by atoms with van der Waals surface area (Å²) in [6.45, 7) is 1.94. The molecule has 16 heavy (non-hydrogen) atoms. The lowest BCUT2D eigenvalue weighted by atomic mass is 10.3. The van der Waals surface area contributed by atoms with Crippen molar-refractivity contribution in [2.24, 2.45) is 0 Å². The molecular weight excluding hydrogens is 222 g/mol. The maximum atomic E-state index is 8.62. The summed E-state index contributed by atoms with van der Waals surface area (Å²) >= 11 is 6.09. The zero-order chi connectivity index (χ0) is 11.5. The Balaban J connectivity index is 2.49. The lowest BCUT2D eigenvalue weighted by molar-refractivity contribution is 0.827. The molecule has 0 N–H and O–H groups in total. The first kappa shape index (κ1) is 10.7. The smallest absolute Gasteiger partial charge is 0.0834 e. The third kappa shape index (κ3) is 1.93. The Morgan fingerprint density at radius 3 is 2.88 bits per heavy atom. The largest absolute Gasteiger partial charge is 0.236 e. The van der Waals surface area contributed by atoms with E-state index in [9.17, 15) is 0 Å². The number of para-hydroxylation sites is 1. The van der Waals surface area contributed by atoms with E-state index in [-0.39, 0.29) is 0 Å². The van der Waals surface area contributed by atoms with E-state index in [1.54, 1.807) is 4.68 Å². The van der Waals surface area contributed by atoms with Crippen LogP contribution in [0.25, 0.3) is 5.69 Å². The molecule has 0 atom stereocenters. The van der Waals surface area contributed by atoms with E-state index in [1.165, 1.54) is 0 Å². The molecule has 0 saturated carbocycles. The second-order valence-electron chi connectivity index (χ2n) is 3.48. The van der Waals surface area contributed by atoms with Gasteiger partial charge in [0.2, 0.25) is 0 Å². The van der Waals surface area contributed by atoms with Crippen LogP contribution in [-0.2, 0) is 6.42 Å². The molecule has 4 heteroatoms. The fourth-order valence-electron chi connectivity index (χ4n) is 1.57. The highest BCUT2D eigenvalue weighted by atomic mass is 35.5. The number of rotatable bonds is 2. The van der Waals surface area contributed by atoms with E-state index >= 15 is 0 Å². The molecule has 80 valence electrons. The zero-order valence-electron chi connectivity index (χ0n) is 8.81. The average molecular weight is 232 g/mol. The van der Waals surface area contributed by atoms with Crippen molar-refractivity contribution in [1.29, 1.82) is 5.26 Å². The maximum absolute atomic E-state index is 8.62. The molecule has 1 aromatic carbocycles. The van der Waals surface area contributed by atoms with Gasteiger partial charge in [-0.15, -0.1) is 0 Å². The molecule has 0 aliphatic rings. The second kappa shape index (κ2) is 4.38. The standard InChI is InChI=1S/C12H10ClN3/c1-9-8-10(6-7-14)15-16(9)12-5-3-2-4-11(12)13/h2-5,8H,6H2,1H3. The highest BCUT2D eigenvalue weighted by Crippen LogP contribution is 2.21. The first-order valence-electron chi connectivity index (χ1n) is 4.90. The van der Waals surface area contributed by atoms with Crippen molar-refractivity contribution in [3.63, 3.8) is 0 Å². The summed E-state index contributed by atoms with van der Waals surface area (Å²) in [6.07, 6.45) is 0.318. The third-order valence-electron chi connectivity index (χ3n) is 2.28. The lowest BCUT2D eigenvalue weighted by Crippen LogP contribution is -1.99. The van der Waals surface area contributed by atoms with Crippen molar-refractivity contribution >= 4 is 11.6 Å². The van der Waals surface area contributed by atoms with Gasteiger partial charge in [0, 0.05) is 5.69 Å². The van der Waals surface area contributed by atoms with Crippen LogP contribution in [0.5, 0.6) is 0 Å². The summed E-state index contributed by atoms with van der Waals surface area (Å²) in [6, 6.07) is 11.5. The second-order valence-corrected chi connectivity index (χ2v) is 3.88. The Labute approximate surface area is 98.9 Å². The summed E-state index contributed by atoms with van der Waals surface area (Å²) < 4.78 is 1.76. The molecule has 1 aromatic heterocycles. The minimum atomic E-state index is 0.318. The van der Waals surface area contributed by atoms with E-state index in [0.717, 1.165) is 17.1 Å². The molecule has 0 saturated heterocycles. The normalized spacial score (nSPS) is 10.1. The van der Waals surface area contributed by atoms with Crippen LogP contribution in [0.1, 0.15) is 11.4 Å². The van der Waals surface area contributed by atoms with Gasteiger partial charge in [-0.05, 0) is 25.1 Å². The summed E-state index contributed by atoms with van der Waals surface area (Å²) in [5.74, 6) is 0. The number of halogens is 1. The Bertz CT molecular complexity index is 552. The summed E-state index contributed by atoms with van der Waals surface area (Å²) in [7, 11) is 0. The molecule has 0 aliphatic heterocycles. The van der Waals surface area contributed by atoms with Gasteiger partial charge in [-0.1, -0.05) is 23.7 Å². The van der Waals surface area contributed by atoms with Gasteiger partial charge in [0.25, 0.3) is 0 Å². The first-order chi connectivity index (χ1) is 7.72. The van der Waals surface area contributed by atoms with Crippen LogP contribution in [0.3, 0.4) is 0 Å². The maximum Gasteiger partial charge on any atom is 0.0834 e. The molecule has 0 fully saturated rings. The minimum absolute atomic E-state index is 0.318. The number of nitrogens with zero attached hydrogens (tertiary/aromatic N) is 3. The molecule has 0 bridgehead atoms. The summed E-state index contributed by atoms with van der Waals surface area (Å²) in [4.78, 5) is 0. The fraction of sp³-hybridized carbons (Fsp3) is 0.167. The van der Waals surface area contributed by atoms with Crippen LogP contribution in [0.15, 0.2) is 30.3 Å². The van der Waals surface area contributed by atoms with Gasteiger partial charge in [-0.3, -0.25) is 0 Å². The predicted octanol–water partition coefficient (Wildman–Crippen LogP) is 2.90. The van der Waals surface area contributed by atoms with Crippen LogP contribution in [-0.4, -0.2) is 9.78 Å². The van der Waals surface area contributed by atoms with E-state index in [4.69, 9.17) is 16.9 Å². The van der Waals surface area contributed by atoms with Crippen molar-refractivity contribution in [3.05, 3.63) is 46.7 Å². The Kier molecular flexibility index (Phi) is 2.93. The van der Waals surface area contributed by atoms with Gasteiger partial charge in [0.15, 0.2) is 0 Å². The molecule has 2 rings (SSSR count). The molecule has 0 radical (unpaired) electrons. The number of aromatic nitrogens is 2. The Morgan fingerprint density at radius 2 is 2.19 bits per heavy atom. The van der Waals surface area contributed by atoms with Crippen LogP contribution in [0, 0.1) is 18.3 Å². The molecule has 0 unspecified atom stereocenters. The van der Waals surface area contributed by atoms with Gasteiger partial charge in [-0.25, -0.2) is 4.68 Å². The minimum Gasteiger partial charge on any atom is -0.236 e. The van der Waals surface area contributed by atoms with Crippen LogP contribution in [0.4, 0.5) is 0 Å². The Morgan fingerprint density at radius 1 is 1.44 bits per heavy atom. The molecule has 3 nitrogen and oxygen atoms in total. The number of hydrogen-bond donors (Lipinski definition) is 0. The number of nitriles is 1. The highest BCUT2D eigenvalue weighted by Gasteiger charge is 2.08.